The van der Waals surface area contributed by atoms with E-state index in [0.29, 0.717) is 0 Å². The third kappa shape index (κ3) is 7.25. The quantitative estimate of drug-likeness (QED) is 0.639. The molecule has 1 saturated heterocycles. The summed E-state index contributed by atoms with van der Waals surface area (Å²) >= 11 is 0. The van der Waals surface area contributed by atoms with Crippen LogP contribution in [0.25, 0.3) is 0 Å². The third-order valence-electron chi connectivity index (χ3n) is 4.08. The molecule has 0 spiro atoms. The van der Waals surface area contributed by atoms with E-state index in [1.165, 1.54) is 25.7 Å². The van der Waals surface area contributed by atoms with Crippen LogP contribution in [0.2, 0.25) is 0 Å². The van der Waals surface area contributed by atoms with E-state index in [1.54, 1.807) is 0 Å². The van der Waals surface area contributed by atoms with Gasteiger partial charge in [-0.1, -0.05) is 39.5 Å². The first-order chi connectivity index (χ1) is 9.61. The fourth-order valence-electron chi connectivity index (χ4n) is 2.65. The topological polar surface area (TPSA) is 64.4 Å². The van der Waals surface area contributed by atoms with Crippen molar-refractivity contribution in [1.82, 2.24) is 5.32 Å². The zero-order chi connectivity index (χ0) is 14.8. The summed E-state index contributed by atoms with van der Waals surface area (Å²) in [6.45, 7) is 6.76. The van der Waals surface area contributed by atoms with Gasteiger partial charge in [-0.05, 0) is 31.1 Å². The zero-order valence-electron chi connectivity index (χ0n) is 13.2. The van der Waals surface area contributed by atoms with Crippen molar-refractivity contribution in [2.75, 3.05) is 19.8 Å². The first-order valence-electron chi connectivity index (χ1n) is 8.22. The normalized spacial score (nSPS) is 18.2. The van der Waals surface area contributed by atoms with Crippen LogP contribution in [-0.4, -0.2) is 31.7 Å². The highest BCUT2D eigenvalue weighted by Crippen LogP contribution is 2.17. The molecule has 118 valence electrons. The molecule has 3 N–H and O–H groups in total. The van der Waals surface area contributed by atoms with E-state index < -0.39 is 0 Å². The summed E-state index contributed by atoms with van der Waals surface area (Å²) < 4.78 is 5.30. The Hall–Kier alpha value is -0.610. The molecule has 0 aromatic rings. The summed E-state index contributed by atoms with van der Waals surface area (Å²) in [6.07, 6.45) is 7.94. The molecule has 4 nitrogen and oxygen atoms in total. The van der Waals surface area contributed by atoms with Gasteiger partial charge in [0.15, 0.2) is 0 Å². The molecule has 1 fully saturated rings. The molecule has 1 aliphatic heterocycles. The van der Waals surface area contributed by atoms with E-state index in [4.69, 9.17) is 10.5 Å². The van der Waals surface area contributed by atoms with E-state index >= 15 is 0 Å². The second-order valence-electron chi connectivity index (χ2n) is 6.36. The number of carbonyl (C=O) groups is 1. The van der Waals surface area contributed by atoms with Gasteiger partial charge >= 0.3 is 0 Å². The van der Waals surface area contributed by atoms with Crippen molar-refractivity contribution in [3.8, 4) is 0 Å². The van der Waals surface area contributed by atoms with Crippen molar-refractivity contribution in [1.29, 1.82) is 0 Å². The van der Waals surface area contributed by atoms with Crippen molar-refractivity contribution < 1.29 is 9.53 Å². The number of carbonyl (C=O) groups excluding carboxylic acids is 1. The number of hydrogen-bond acceptors (Lipinski definition) is 3. The molecule has 1 unspecified atom stereocenters. The van der Waals surface area contributed by atoms with Gasteiger partial charge in [0.1, 0.15) is 0 Å². The fourth-order valence-corrected chi connectivity index (χ4v) is 2.65. The Morgan fingerprint density at radius 1 is 1.20 bits per heavy atom. The molecule has 1 aliphatic rings. The van der Waals surface area contributed by atoms with Crippen LogP contribution < -0.4 is 11.1 Å². The van der Waals surface area contributed by atoms with Gasteiger partial charge in [-0.15, -0.1) is 0 Å². The highest BCUT2D eigenvalue weighted by atomic mass is 16.5. The van der Waals surface area contributed by atoms with Gasteiger partial charge in [-0.3, -0.25) is 4.79 Å². The highest BCUT2D eigenvalue weighted by Gasteiger charge is 2.26. The maximum Gasteiger partial charge on any atom is 0.237 e. The maximum absolute atomic E-state index is 11.9. The number of nitrogens with one attached hydrogen (secondary N) is 1. The van der Waals surface area contributed by atoms with E-state index in [9.17, 15) is 4.79 Å². The summed E-state index contributed by atoms with van der Waals surface area (Å²) in [4.78, 5) is 11.9. The van der Waals surface area contributed by atoms with Crippen molar-refractivity contribution in [3.63, 3.8) is 0 Å². The van der Waals surface area contributed by atoms with Gasteiger partial charge in [0.25, 0.3) is 0 Å². The van der Waals surface area contributed by atoms with Crippen LogP contribution in [0.15, 0.2) is 0 Å². The van der Waals surface area contributed by atoms with E-state index in [0.717, 1.165) is 44.9 Å². The van der Waals surface area contributed by atoms with Crippen LogP contribution >= 0.6 is 0 Å². The van der Waals surface area contributed by atoms with Gasteiger partial charge in [-0.25, -0.2) is 0 Å². The Kier molecular flexibility index (Phi) is 8.86. The molecule has 1 atom stereocenters. The molecule has 0 aromatic carbocycles. The molecule has 0 aromatic heterocycles. The Labute approximate surface area is 123 Å². The molecular formula is C16H32N2O2. The zero-order valence-corrected chi connectivity index (χ0v) is 13.2. The number of hydrogen-bond donors (Lipinski definition) is 2. The molecule has 1 rings (SSSR count). The number of unbranched alkanes of at least 4 members (excludes halogenated alkanes) is 3. The number of nitrogens with two attached hydrogens (primary N) is 1. The van der Waals surface area contributed by atoms with Gasteiger partial charge < -0.3 is 15.8 Å². The average Bonchev–Trinajstić information content (AvgIpc) is 2.45. The molecule has 1 heterocycles. The fraction of sp³-hybridized carbons (Fsp3) is 0.938. The predicted octanol–water partition coefficient (Wildman–Crippen LogP) is 2.46. The minimum atomic E-state index is -0.361. The molecule has 0 radical (unpaired) electrons. The first-order valence-corrected chi connectivity index (χ1v) is 8.22. The van der Waals surface area contributed by atoms with E-state index in [1.807, 2.05) is 0 Å². The summed E-state index contributed by atoms with van der Waals surface area (Å²) in [6, 6.07) is -0.361. The lowest BCUT2D eigenvalue weighted by Crippen LogP contribution is -2.47. The summed E-state index contributed by atoms with van der Waals surface area (Å²) in [5, 5.41) is 2.97. The molecule has 1 amide bonds. The van der Waals surface area contributed by atoms with Crippen molar-refractivity contribution >= 4 is 5.91 Å². The van der Waals surface area contributed by atoms with Crippen LogP contribution in [0, 0.1) is 11.8 Å². The molecule has 0 saturated carbocycles. The minimum Gasteiger partial charge on any atom is -0.381 e. The third-order valence-corrected chi connectivity index (χ3v) is 4.08. The van der Waals surface area contributed by atoms with Crippen molar-refractivity contribution in [2.45, 2.75) is 64.8 Å². The second-order valence-corrected chi connectivity index (χ2v) is 6.36. The van der Waals surface area contributed by atoms with E-state index in [2.05, 4.69) is 19.2 Å². The Morgan fingerprint density at radius 3 is 2.50 bits per heavy atom. The average molecular weight is 284 g/mol. The van der Waals surface area contributed by atoms with Gasteiger partial charge in [0, 0.05) is 19.8 Å². The van der Waals surface area contributed by atoms with Crippen molar-refractivity contribution in [2.24, 2.45) is 17.6 Å². The first kappa shape index (κ1) is 17.4. The maximum atomic E-state index is 11.9. The van der Waals surface area contributed by atoms with E-state index in [-0.39, 0.29) is 17.9 Å². The van der Waals surface area contributed by atoms with Gasteiger partial charge in [-0.2, -0.15) is 0 Å². The number of rotatable bonds is 9. The predicted molar refractivity (Wildman–Crippen MR) is 82.5 cm³/mol. The summed E-state index contributed by atoms with van der Waals surface area (Å²) in [7, 11) is 0. The summed E-state index contributed by atoms with van der Waals surface area (Å²) in [5.41, 5.74) is 6.02. The Bertz CT molecular complexity index is 263. The lowest BCUT2D eigenvalue weighted by molar-refractivity contribution is -0.124. The smallest absolute Gasteiger partial charge is 0.237 e. The SMILES string of the molecule is CC(C)CCCCCCNC(=O)C(N)C1CCOCC1. The molecule has 0 aliphatic carbocycles. The lowest BCUT2D eigenvalue weighted by Gasteiger charge is -2.26. The highest BCUT2D eigenvalue weighted by molar-refractivity contribution is 5.81. The Balaban J connectivity index is 2.01. The number of ether oxygens (including phenoxy) is 1. The van der Waals surface area contributed by atoms with Crippen molar-refractivity contribution in [3.05, 3.63) is 0 Å². The standard InChI is InChI=1S/C16H32N2O2/c1-13(2)7-5-3-4-6-10-18-16(19)15(17)14-8-11-20-12-9-14/h13-15H,3-12,17H2,1-2H3,(H,18,19). The van der Waals surface area contributed by atoms with Crippen LogP contribution in [0.5, 0.6) is 0 Å². The van der Waals surface area contributed by atoms with Crippen LogP contribution in [0.1, 0.15) is 58.8 Å². The van der Waals surface area contributed by atoms with Crippen LogP contribution in [0.4, 0.5) is 0 Å². The van der Waals surface area contributed by atoms with Gasteiger partial charge in [0.2, 0.25) is 5.91 Å². The minimum absolute atomic E-state index is 0.0130. The van der Waals surface area contributed by atoms with Crippen LogP contribution in [-0.2, 0) is 9.53 Å². The lowest BCUT2D eigenvalue weighted by atomic mass is 9.92. The van der Waals surface area contributed by atoms with Gasteiger partial charge in [0.05, 0.1) is 6.04 Å². The monoisotopic (exact) mass is 284 g/mol. The Morgan fingerprint density at radius 2 is 1.85 bits per heavy atom. The molecule has 4 heteroatoms. The molecule has 20 heavy (non-hydrogen) atoms. The molecule has 0 bridgehead atoms. The molecular weight excluding hydrogens is 252 g/mol. The summed E-state index contributed by atoms with van der Waals surface area (Å²) in [5.74, 6) is 1.10. The largest absolute Gasteiger partial charge is 0.381 e. The number of amides is 1. The van der Waals surface area contributed by atoms with Crippen LogP contribution in [0.3, 0.4) is 0 Å². The second kappa shape index (κ2) is 10.2.